The average molecular weight is 456 g/mol. The SMILES string of the molecule is Cc1ccc2nc(C)n(-c3ccc(C(O)CN4CC5(CCC(F)(F)CC5)OC4=O)cc3)c2n1. The first-order valence-corrected chi connectivity index (χ1v) is 11.1. The van der Waals surface area contributed by atoms with E-state index in [1.807, 2.05) is 42.7 Å². The average Bonchev–Trinajstić information content (AvgIpc) is 3.26. The number of aliphatic hydroxyl groups excluding tert-OH is 1. The number of amides is 1. The van der Waals surface area contributed by atoms with E-state index in [0.29, 0.717) is 5.56 Å². The summed E-state index contributed by atoms with van der Waals surface area (Å²) >= 11 is 0. The number of pyridine rings is 1. The van der Waals surface area contributed by atoms with Gasteiger partial charge in [0.25, 0.3) is 0 Å². The van der Waals surface area contributed by atoms with E-state index in [1.54, 1.807) is 12.1 Å². The molecule has 2 aliphatic rings. The molecule has 1 unspecified atom stereocenters. The second-order valence-corrected chi connectivity index (χ2v) is 9.18. The van der Waals surface area contributed by atoms with E-state index in [9.17, 15) is 18.7 Å². The van der Waals surface area contributed by atoms with Crippen molar-refractivity contribution >= 4 is 17.3 Å². The summed E-state index contributed by atoms with van der Waals surface area (Å²) in [4.78, 5) is 22.9. The number of imidazole rings is 1. The molecule has 0 radical (unpaired) electrons. The summed E-state index contributed by atoms with van der Waals surface area (Å²) < 4.78 is 34.5. The Morgan fingerprint density at radius 3 is 2.45 bits per heavy atom. The van der Waals surface area contributed by atoms with Crippen molar-refractivity contribution in [1.82, 2.24) is 19.4 Å². The number of β-amino-alcohol motifs (C(OH)–C–C–N with tert-alkyl or cyclic N) is 1. The van der Waals surface area contributed by atoms with E-state index in [-0.39, 0.29) is 38.8 Å². The van der Waals surface area contributed by atoms with Crippen molar-refractivity contribution in [3.05, 3.63) is 53.5 Å². The minimum Gasteiger partial charge on any atom is -0.441 e. The maximum atomic E-state index is 13.5. The third-order valence-corrected chi connectivity index (χ3v) is 6.67. The van der Waals surface area contributed by atoms with E-state index in [4.69, 9.17) is 4.74 Å². The van der Waals surface area contributed by atoms with Crippen LogP contribution >= 0.6 is 0 Å². The fourth-order valence-corrected chi connectivity index (χ4v) is 4.80. The number of fused-ring (bicyclic) bond motifs is 1. The van der Waals surface area contributed by atoms with Crippen LogP contribution < -0.4 is 0 Å². The van der Waals surface area contributed by atoms with Crippen LogP contribution in [0.15, 0.2) is 36.4 Å². The highest BCUT2D eigenvalue weighted by atomic mass is 19.3. The van der Waals surface area contributed by atoms with Crippen LogP contribution in [0.3, 0.4) is 0 Å². The Bertz CT molecular complexity index is 1200. The number of hydrogen-bond acceptors (Lipinski definition) is 5. The lowest BCUT2D eigenvalue weighted by Crippen LogP contribution is -2.42. The fraction of sp³-hybridized carbons (Fsp3) is 0.458. The smallest absolute Gasteiger partial charge is 0.410 e. The molecule has 1 saturated heterocycles. The Kier molecular flexibility index (Phi) is 5.12. The van der Waals surface area contributed by atoms with Crippen molar-refractivity contribution in [2.75, 3.05) is 13.1 Å². The number of ether oxygens (including phenoxy) is 1. The molecule has 5 rings (SSSR count). The third-order valence-electron chi connectivity index (χ3n) is 6.67. The Labute approximate surface area is 190 Å². The van der Waals surface area contributed by atoms with Gasteiger partial charge in [-0.2, -0.15) is 0 Å². The van der Waals surface area contributed by atoms with E-state index in [2.05, 4.69) is 9.97 Å². The summed E-state index contributed by atoms with van der Waals surface area (Å²) in [5, 5.41) is 10.8. The molecule has 1 aliphatic heterocycles. The number of aromatic nitrogens is 3. The first-order valence-electron chi connectivity index (χ1n) is 11.1. The number of aliphatic hydroxyl groups is 1. The number of halogens is 2. The van der Waals surface area contributed by atoms with Gasteiger partial charge >= 0.3 is 6.09 Å². The van der Waals surface area contributed by atoms with Crippen LogP contribution in [-0.2, 0) is 4.74 Å². The molecule has 1 spiro atoms. The van der Waals surface area contributed by atoms with E-state index >= 15 is 0 Å². The summed E-state index contributed by atoms with van der Waals surface area (Å²) in [7, 11) is 0. The van der Waals surface area contributed by atoms with E-state index < -0.39 is 23.7 Å². The van der Waals surface area contributed by atoms with Crippen LogP contribution in [0.2, 0.25) is 0 Å². The second kappa shape index (κ2) is 7.76. The standard InChI is InChI=1S/C24H26F2N4O3/c1-15-3-8-19-21(27-15)30(16(2)28-19)18-6-4-17(5-7-18)20(31)13-29-14-23(33-22(29)32)9-11-24(25,26)12-10-23/h3-8,20,31H,9-14H2,1-2H3. The summed E-state index contributed by atoms with van der Waals surface area (Å²) in [6, 6.07) is 11.2. The predicted molar refractivity (Wildman–Crippen MR) is 117 cm³/mol. The van der Waals surface area contributed by atoms with Gasteiger partial charge in [0, 0.05) is 24.2 Å². The zero-order chi connectivity index (χ0) is 23.4. The highest BCUT2D eigenvalue weighted by Crippen LogP contribution is 2.43. The van der Waals surface area contributed by atoms with E-state index in [0.717, 1.165) is 28.4 Å². The number of nitrogens with zero attached hydrogens (tertiary/aromatic N) is 4. The molecule has 0 bridgehead atoms. The summed E-state index contributed by atoms with van der Waals surface area (Å²) in [6.07, 6.45) is -1.77. The lowest BCUT2D eigenvalue weighted by molar-refractivity contribution is -0.0911. The summed E-state index contributed by atoms with van der Waals surface area (Å²) in [6.45, 7) is 4.11. The molecule has 2 fully saturated rings. The molecule has 3 heterocycles. The molecular weight excluding hydrogens is 430 g/mol. The Morgan fingerprint density at radius 2 is 1.76 bits per heavy atom. The van der Waals surface area contributed by atoms with Crippen LogP contribution in [0.25, 0.3) is 16.9 Å². The van der Waals surface area contributed by atoms with Crippen molar-refractivity contribution in [1.29, 1.82) is 0 Å². The molecule has 33 heavy (non-hydrogen) atoms. The lowest BCUT2D eigenvalue weighted by atomic mass is 9.82. The lowest BCUT2D eigenvalue weighted by Gasteiger charge is -2.34. The number of aryl methyl sites for hydroxylation is 2. The van der Waals surface area contributed by atoms with Crippen molar-refractivity contribution in [2.24, 2.45) is 0 Å². The Morgan fingerprint density at radius 1 is 1.06 bits per heavy atom. The molecule has 174 valence electrons. The van der Waals surface area contributed by atoms with Gasteiger partial charge in [-0.3, -0.25) is 4.57 Å². The molecule has 3 aromatic rings. The number of benzene rings is 1. The van der Waals surface area contributed by atoms with Crippen LogP contribution in [0.4, 0.5) is 13.6 Å². The second-order valence-electron chi connectivity index (χ2n) is 9.18. The van der Waals surface area contributed by atoms with Gasteiger partial charge < -0.3 is 14.7 Å². The largest absolute Gasteiger partial charge is 0.441 e. The molecule has 7 nitrogen and oxygen atoms in total. The molecule has 1 atom stereocenters. The summed E-state index contributed by atoms with van der Waals surface area (Å²) in [5.41, 5.74) is 3.12. The monoisotopic (exact) mass is 456 g/mol. The molecule has 9 heteroatoms. The first-order chi connectivity index (χ1) is 15.6. The first kappa shape index (κ1) is 21.8. The number of alkyl halides is 2. The highest BCUT2D eigenvalue weighted by Gasteiger charge is 2.51. The summed E-state index contributed by atoms with van der Waals surface area (Å²) in [5.74, 6) is -1.89. The van der Waals surface area contributed by atoms with Crippen molar-refractivity contribution in [3.63, 3.8) is 0 Å². The van der Waals surface area contributed by atoms with Gasteiger partial charge in [0.05, 0.1) is 19.2 Å². The van der Waals surface area contributed by atoms with Gasteiger partial charge in [-0.05, 0) is 56.5 Å². The van der Waals surface area contributed by atoms with Gasteiger partial charge in [0.15, 0.2) is 5.65 Å². The van der Waals surface area contributed by atoms with Crippen molar-refractivity contribution < 1.29 is 23.4 Å². The zero-order valence-electron chi connectivity index (χ0n) is 18.6. The number of carbonyl (C=O) groups is 1. The minimum absolute atomic E-state index is 0.0457. The van der Waals surface area contributed by atoms with Crippen LogP contribution in [-0.4, -0.2) is 55.2 Å². The van der Waals surface area contributed by atoms with Crippen LogP contribution in [0.1, 0.15) is 48.9 Å². The maximum Gasteiger partial charge on any atom is 0.410 e. The maximum absolute atomic E-state index is 13.5. The van der Waals surface area contributed by atoms with Gasteiger partial charge in [-0.1, -0.05) is 12.1 Å². The zero-order valence-corrected chi connectivity index (χ0v) is 18.6. The number of hydrogen-bond donors (Lipinski definition) is 1. The van der Waals surface area contributed by atoms with Crippen molar-refractivity contribution in [2.45, 2.75) is 57.2 Å². The fourth-order valence-electron chi connectivity index (χ4n) is 4.80. The predicted octanol–water partition coefficient (Wildman–Crippen LogP) is 4.47. The molecule has 1 aromatic carbocycles. The molecular formula is C24H26F2N4O3. The molecule has 1 N–H and O–H groups in total. The normalized spacial score (nSPS) is 20.4. The van der Waals surface area contributed by atoms with Crippen LogP contribution in [0.5, 0.6) is 0 Å². The number of rotatable bonds is 4. The Balaban J connectivity index is 1.30. The molecule has 1 aliphatic carbocycles. The van der Waals surface area contributed by atoms with Gasteiger partial charge in [0.2, 0.25) is 5.92 Å². The molecule has 2 aromatic heterocycles. The van der Waals surface area contributed by atoms with Crippen molar-refractivity contribution in [3.8, 4) is 5.69 Å². The minimum atomic E-state index is -2.69. The topological polar surface area (TPSA) is 80.5 Å². The molecule has 1 saturated carbocycles. The van der Waals surface area contributed by atoms with E-state index in [1.165, 1.54) is 4.90 Å². The van der Waals surface area contributed by atoms with Gasteiger partial charge in [-0.25, -0.2) is 23.5 Å². The number of carbonyl (C=O) groups excluding carboxylic acids is 1. The third kappa shape index (κ3) is 4.06. The quantitative estimate of drug-likeness (QED) is 0.627. The van der Waals surface area contributed by atoms with Gasteiger partial charge in [0.1, 0.15) is 16.9 Å². The molecule has 1 amide bonds. The Hall–Kier alpha value is -3.07. The van der Waals surface area contributed by atoms with Gasteiger partial charge in [-0.15, -0.1) is 0 Å². The van der Waals surface area contributed by atoms with Crippen LogP contribution in [0, 0.1) is 13.8 Å². The highest BCUT2D eigenvalue weighted by molar-refractivity contribution is 5.74.